The minimum absolute atomic E-state index is 0.314. The molecule has 0 aromatic heterocycles. The summed E-state index contributed by atoms with van der Waals surface area (Å²) in [6, 6.07) is 9.66. The third-order valence-corrected chi connectivity index (χ3v) is 2.47. The van der Waals surface area contributed by atoms with E-state index >= 15 is 0 Å². The molecule has 1 aliphatic rings. The number of hydrogen-bond donors (Lipinski definition) is 0. The van der Waals surface area contributed by atoms with E-state index in [1.165, 1.54) is 0 Å². The standard InChI is InChI=1S/C12H13NO2/c1-2-7-12(8-13)9-14-10-5-3-4-6-11(10)15-12/h3-6H,2,7,9H2,1H3/t12-/m1/s1. The molecule has 15 heavy (non-hydrogen) atoms. The van der Waals surface area contributed by atoms with Crippen LogP contribution in [0.3, 0.4) is 0 Å². The van der Waals surface area contributed by atoms with Crippen LogP contribution >= 0.6 is 0 Å². The highest BCUT2D eigenvalue weighted by Gasteiger charge is 2.37. The molecule has 0 unspecified atom stereocenters. The number of nitriles is 1. The molecule has 1 heterocycles. The molecule has 0 spiro atoms. The molecule has 3 nitrogen and oxygen atoms in total. The van der Waals surface area contributed by atoms with Crippen LogP contribution in [0.4, 0.5) is 0 Å². The Hall–Kier alpha value is -1.69. The zero-order valence-corrected chi connectivity index (χ0v) is 8.69. The Morgan fingerprint density at radius 3 is 2.80 bits per heavy atom. The molecule has 1 aliphatic heterocycles. The molecule has 0 aliphatic carbocycles. The van der Waals surface area contributed by atoms with Gasteiger partial charge in [0.15, 0.2) is 11.5 Å². The summed E-state index contributed by atoms with van der Waals surface area (Å²) < 4.78 is 11.3. The quantitative estimate of drug-likeness (QED) is 0.741. The SMILES string of the molecule is CCC[C@@]1(C#N)COc2ccccc2O1. The number of rotatable bonds is 2. The first kappa shape index (κ1) is 9.85. The van der Waals surface area contributed by atoms with Gasteiger partial charge >= 0.3 is 0 Å². The molecule has 0 saturated carbocycles. The van der Waals surface area contributed by atoms with Crippen LogP contribution in [0.2, 0.25) is 0 Å². The summed E-state index contributed by atoms with van der Waals surface area (Å²) in [5.74, 6) is 1.39. The number of ether oxygens (including phenoxy) is 2. The Bertz CT molecular complexity index is 397. The van der Waals surface area contributed by atoms with Crippen molar-refractivity contribution < 1.29 is 9.47 Å². The van der Waals surface area contributed by atoms with Gasteiger partial charge in [-0.15, -0.1) is 0 Å². The van der Waals surface area contributed by atoms with Crippen molar-refractivity contribution in [1.82, 2.24) is 0 Å². The smallest absolute Gasteiger partial charge is 0.227 e. The number of para-hydroxylation sites is 2. The van der Waals surface area contributed by atoms with Gasteiger partial charge in [0.1, 0.15) is 12.7 Å². The molecule has 1 aromatic carbocycles. The van der Waals surface area contributed by atoms with E-state index in [0.29, 0.717) is 18.8 Å². The highest BCUT2D eigenvalue weighted by atomic mass is 16.6. The van der Waals surface area contributed by atoms with Gasteiger partial charge in [-0.25, -0.2) is 0 Å². The number of fused-ring (bicyclic) bond motifs is 1. The summed E-state index contributed by atoms with van der Waals surface area (Å²) in [7, 11) is 0. The fourth-order valence-corrected chi connectivity index (χ4v) is 1.73. The van der Waals surface area contributed by atoms with E-state index in [4.69, 9.17) is 14.7 Å². The Kier molecular flexibility index (Phi) is 2.51. The third kappa shape index (κ3) is 1.75. The van der Waals surface area contributed by atoms with Gasteiger partial charge in [-0.2, -0.15) is 5.26 Å². The van der Waals surface area contributed by atoms with Crippen molar-refractivity contribution in [2.45, 2.75) is 25.4 Å². The predicted octanol–water partition coefficient (Wildman–Crippen LogP) is 2.52. The molecule has 3 heteroatoms. The maximum absolute atomic E-state index is 9.14. The average molecular weight is 203 g/mol. The molecule has 1 aromatic rings. The first-order valence-electron chi connectivity index (χ1n) is 5.12. The minimum Gasteiger partial charge on any atom is -0.484 e. The molecular weight excluding hydrogens is 190 g/mol. The lowest BCUT2D eigenvalue weighted by molar-refractivity contribution is 0.0288. The van der Waals surface area contributed by atoms with Gasteiger partial charge in [-0.3, -0.25) is 0 Å². The topological polar surface area (TPSA) is 42.2 Å². The molecule has 0 radical (unpaired) electrons. The molecule has 0 amide bonds. The Morgan fingerprint density at radius 1 is 1.40 bits per heavy atom. The molecule has 0 saturated heterocycles. The maximum atomic E-state index is 9.14. The molecule has 0 N–H and O–H groups in total. The first-order valence-corrected chi connectivity index (χ1v) is 5.12. The normalized spacial score (nSPS) is 23.2. The van der Waals surface area contributed by atoms with Crippen molar-refractivity contribution in [2.75, 3.05) is 6.61 Å². The van der Waals surface area contributed by atoms with E-state index in [0.717, 1.165) is 12.2 Å². The van der Waals surface area contributed by atoms with Gasteiger partial charge in [0, 0.05) is 6.42 Å². The van der Waals surface area contributed by atoms with Crippen LogP contribution in [0.5, 0.6) is 11.5 Å². The highest BCUT2D eigenvalue weighted by Crippen LogP contribution is 2.36. The van der Waals surface area contributed by atoms with E-state index < -0.39 is 5.60 Å². The minimum atomic E-state index is -0.802. The Morgan fingerprint density at radius 2 is 2.13 bits per heavy atom. The molecule has 1 atom stereocenters. The lowest BCUT2D eigenvalue weighted by Crippen LogP contribution is -2.43. The highest BCUT2D eigenvalue weighted by molar-refractivity contribution is 5.42. The summed E-state index contributed by atoms with van der Waals surface area (Å²) >= 11 is 0. The van der Waals surface area contributed by atoms with Gasteiger partial charge in [0.2, 0.25) is 5.60 Å². The predicted molar refractivity (Wildman–Crippen MR) is 55.8 cm³/mol. The van der Waals surface area contributed by atoms with Crippen molar-refractivity contribution in [3.8, 4) is 17.6 Å². The van der Waals surface area contributed by atoms with Crippen LogP contribution < -0.4 is 9.47 Å². The van der Waals surface area contributed by atoms with E-state index in [2.05, 4.69) is 6.07 Å². The molecule has 0 bridgehead atoms. The van der Waals surface area contributed by atoms with E-state index in [1.807, 2.05) is 31.2 Å². The lowest BCUT2D eigenvalue weighted by Gasteiger charge is -2.32. The Labute approximate surface area is 89.2 Å². The van der Waals surface area contributed by atoms with Crippen LogP contribution in [-0.2, 0) is 0 Å². The van der Waals surface area contributed by atoms with E-state index in [9.17, 15) is 0 Å². The van der Waals surface area contributed by atoms with Gasteiger partial charge in [0.05, 0.1) is 0 Å². The van der Waals surface area contributed by atoms with Gasteiger partial charge in [-0.05, 0) is 12.1 Å². The second-order valence-corrected chi connectivity index (χ2v) is 3.69. The van der Waals surface area contributed by atoms with E-state index in [-0.39, 0.29) is 0 Å². The third-order valence-electron chi connectivity index (χ3n) is 2.47. The zero-order valence-electron chi connectivity index (χ0n) is 8.69. The maximum Gasteiger partial charge on any atom is 0.227 e. The number of nitrogens with zero attached hydrogens (tertiary/aromatic N) is 1. The second-order valence-electron chi connectivity index (χ2n) is 3.69. The van der Waals surface area contributed by atoms with Crippen LogP contribution in [0.25, 0.3) is 0 Å². The van der Waals surface area contributed by atoms with Crippen LogP contribution in [0.15, 0.2) is 24.3 Å². The largest absolute Gasteiger partial charge is 0.484 e. The average Bonchev–Trinajstić information content (AvgIpc) is 2.29. The van der Waals surface area contributed by atoms with Gasteiger partial charge < -0.3 is 9.47 Å². The summed E-state index contributed by atoms with van der Waals surface area (Å²) in [6.45, 7) is 2.34. The fraction of sp³-hybridized carbons (Fsp3) is 0.417. The van der Waals surface area contributed by atoms with Crippen LogP contribution in [0.1, 0.15) is 19.8 Å². The first-order chi connectivity index (χ1) is 7.29. The van der Waals surface area contributed by atoms with Crippen LogP contribution in [0, 0.1) is 11.3 Å². The van der Waals surface area contributed by atoms with Crippen molar-refractivity contribution >= 4 is 0 Å². The van der Waals surface area contributed by atoms with Crippen molar-refractivity contribution in [1.29, 1.82) is 5.26 Å². The number of hydrogen-bond acceptors (Lipinski definition) is 3. The summed E-state index contributed by atoms with van der Waals surface area (Å²) in [5.41, 5.74) is -0.802. The monoisotopic (exact) mass is 203 g/mol. The second kappa shape index (κ2) is 3.82. The van der Waals surface area contributed by atoms with Gasteiger partial charge in [-0.1, -0.05) is 25.5 Å². The van der Waals surface area contributed by atoms with Crippen LogP contribution in [-0.4, -0.2) is 12.2 Å². The van der Waals surface area contributed by atoms with E-state index in [1.54, 1.807) is 0 Å². The lowest BCUT2D eigenvalue weighted by atomic mass is 9.99. The molecule has 0 fully saturated rings. The molecule has 2 rings (SSSR count). The van der Waals surface area contributed by atoms with Gasteiger partial charge in [0.25, 0.3) is 0 Å². The fourth-order valence-electron chi connectivity index (χ4n) is 1.73. The number of benzene rings is 1. The van der Waals surface area contributed by atoms with Crippen molar-refractivity contribution in [3.05, 3.63) is 24.3 Å². The van der Waals surface area contributed by atoms with Crippen molar-refractivity contribution in [2.24, 2.45) is 0 Å². The summed E-state index contributed by atoms with van der Waals surface area (Å²) in [5, 5.41) is 9.14. The zero-order chi connectivity index (χ0) is 10.7. The summed E-state index contributed by atoms with van der Waals surface area (Å²) in [4.78, 5) is 0. The summed E-state index contributed by atoms with van der Waals surface area (Å²) in [6.07, 6.45) is 1.59. The molecule has 78 valence electrons. The molecular formula is C12H13NO2. The van der Waals surface area contributed by atoms with Crippen molar-refractivity contribution in [3.63, 3.8) is 0 Å². The Balaban J connectivity index is 2.28.